The largest absolute Gasteiger partial charge is 0.384 e. The van der Waals surface area contributed by atoms with E-state index in [2.05, 4.69) is 4.74 Å². The van der Waals surface area contributed by atoms with Crippen LogP contribution < -0.4 is 0 Å². The predicted molar refractivity (Wildman–Crippen MR) is 22.2 cm³/mol. The molecule has 0 spiro atoms. The lowest BCUT2D eigenvalue weighted by Crippen LogP contribution is -1.87. The first kappa shape index (κ1) is 5.63. The second-order valence-electron chi connectivity index (χ2n) is 0.827. The van der Waals surface area contributed by atoms with Gasteiger partial charge in [-0.25, -0.2) is 0 Å². The normalized spacial score (nSPS) is 8.17. The van der Waals surface area contributed by atoms with Crippen LogP contribution in [0, 0.1) is 6.42 Å². The lowest BCUT2D eigenvalue weighted by atomic mass is 10.5. The van der Waals surface area contributed by atoms with Crippen molar-refractivity contribution in [3.05, 3.63) is 6.42 Å². The van der Waals surface area contributed by atoms with E-state index in [9.17, 15) is 4.79 Å². The molecule has 0 aromatic rings. The van der Waals surface area contributed by atoms with Crippen LogP contribution in [0.3, 0.4) is 0 Å². The van der Waals surface area contributed by atoms with Crippen molar-refractivity contribution in [2.24, 2.45) is 0 Å². The minimum Gasteiger partial charge on any atom is -0.384 e. The van der Waals surface area contributed by atoms with Crippen molar-refractivity contribution in [3.63, 3.8) is 0 Å². The van der Waals surface area contributed by atoms with Gasteiger partial charge < -0.3 is 9.53 Å². The molecule has 0 aliphatic carbocycles. The van der Waals surface area contributed by atoms with Crippen LogP contribution in [-0.2, 0) is 9.53 Å². The molecule has 6 heavy (non-hydrogen) atoms. The SMILES string of the molecule is COC[CH]C=O. The molecule has 0 amide bonds. The fraction of sp³-hybridized carbons (Fsp3) is 0.500. The molecule has 0 bridgehead atoms. The van der Waals surface area contributed by atoms with Crippen molar-refractivity contribution in [1.82, 2.24) is 0 Å². The molecule has 0 aliphatic heterocycles. The Morgan fingerprint density at radius 1 is 1.83 bits per heavy atom. The van der Waals surface area contributed by atoms with Gasteiger partial charge in [0.05, 0.1) is 6.61 Å². The molecular formula is C4H7O2. The van der Waals surface area contributed by atoms with E-state index in [0.29, 0.717) is 12.9 Å². The predicted octanol–water partition coefficient (Wildman–Crippen LogP) is 0.0360. The van der Waals surface area contributed by atoms with Crippen molar-refractivity contribution >= 4 is 6.29 Å². The number of rotatable bonds is 3. The quantitative estimate of drug-likeness (QED) is 0.358. The second kappa shape index (κ2) is 4.63. The van der Waals surface area contributed by atoms with Gasteiger partial charge in [-0.3, -0.25) is 0 Å². The van der Waals surface area contributed by atoms with Gasteiger partial charge in [0.25, 0.3) is 0 Å². The zero-order valence-electron chi connectivity index (χ0n) is 3.68. The summed E-state index contributed by atoms with van der Waals surface area (Å²) in [7, 11) is 1.54. The standard InChI is InChI=1S/C4H7O2/c1-6-4-2-3-5/h2-3H,4H2,1H3. The number of aldehydes is 1. The van der Waals surface area contributed by atoms with Gasteiger partial charge in [-0.05, 0) is 0 Å². The molecule has 2 nitrogen and oxygen atoms in total. The van der Waals surface area contributed by atoms with Crippen LogP contribution in [0.5, 0.6) is 0 Å². The summed E-state index contributed by atoms with van der Waals surface area (Å²) in [6.45, 7) is 0.420. The molecule has 0 unspecified atom stereocenters. The lowest BCUT2D eigenvalue weighted by molar-refractivity contribution is -0.105. The van der Waals surface area contributed by atoms with Crippen molar-refractivity contribution < 1.29 is 9.53 Å². The van der Waals surface area contributed by atoms with Crippen molar-refractivity contribution in [1.29, 1.82) is 0 Å². The molecule has 0 aromatic carbocycles. The molecule has 1 radical (unpaired) electrons. The van der Waals surface area contributed by atoms with Crippen molar-refractivity contribution in [3.8, 4) is 0 Å². The Bertz CT molecular complexity index is 34.5. The van der Waals surface area contributed by atoms with Gasteiger partial charge in [0.2, 0.25) is 0 Å². The maximum atomic E-state index is 9.43. The summed E-state index contributed by atoms with van der Waals surface area (Å²) in [5.74, 6) is 0. The highest BCUT2D eigenvalue weighted by atomic mass is 16.5. The fourth-order valence-electron chi connectivity index (χ4n) is 0.136. The highest BCUT2D eigenvalue weighted by Gasteiger charge is 1.74. The average molecular weight is 87.1 g/mol. The van der Waals surface area contributed by atoms with Crippen LogP contribution >= 0.6 is 0 Å². The molecule has 0 aliphatic rings. The number of hydrogen-bond donors (Lipinski definition) is 0. The number of methoxy groups -OCH3 is 1. The first-order valence-electron chi connectivity index (χ1n) is 1.67. The molecule has 0 fully saturated rings. The first-order chi connectivity index (χ1) is 2.91. The summed E-state index contributed by atoms with van der Waals surface area (Å²) in [4.78, 5) is 9.43. The molecule has 0 heterocycles. The fourth-order valence-corrected chi connectivity index (χ4v) is 0.136. The molecule has 0 N–H and O–H groups in total. The van der Waals surface area contributed by atoms with E-state index in [1.807, 2.05) is 0 Å². The van der Waals surface area contributed by atoms with Gasteiger partial charge in [0, 0.05) is 13.5 Å². The minimum atomic E-state index is 0.420. The van der Waals surface area contributed by atoms with E-state index < -0.39 is 0 Å². The maximum Gasteiger partial charge on any atom is 0.126 e. The van der Waals surface area contributed by atoms with Crippen LogP contribution in [0.15, 0.2) is 0 Å². The van der Waals surface area contributed by atoms with E-state index >= 15 is 0 Å². The van der Waals surface area contributed by atoms with Gasteiger partial charge in [0.1, 0.15) is 6.29 Å². The highest BCUT2D eigenvalue weighted by molar-refractivity contribution is 5.60. The summed E-state index contributed by atoms with van der Waals surface area (Å²) in [5.41, 5.74) is 0. The zero-order chi connectivity index (χ0) is 4.83. The van der Waals surface area contributed by atoms with Gasteiger partial charge in [-0.1, -0.05) is 0 Å². The molecule has 0 rings (SSSR count). The van der Waals surface area contributed by atoms with E-state index in [4.69, 9.17) is 0 Å². The van der Waals surface area contributed by atoms with Crippen LogP contribution in [0.2, 0.25) is 0 Å². The monoisotopic (exact) mass is 87.0 g/mol. The number of hydrogen-bond acceptors (Lipinski definition) is 2. The Labute approximate surface area is 37.1 Å². The highest BCUT2D eigenvalue weighted by Crippen LogP contribution is 1.66. The minimum absolute atomic E-state index is 0.420. The number of ether oxygens (including phenoxy) is 1. The van der Waals surface area contributed by atoms with Gasteiger partial charge >= 0.3 is 0 Å². The molecule has 0 saturated heterocycles. The molecule has 0 saturated carbocycles. The van der Waals surface area contributed by atoms with E-state index in [1.165, 1.54) is 6.42 Å². The Balaban J connectivity index is 2.49. The van der Waals surface area contributed by atoms with Crippen LogP contribution in [0.25, 0.3) is 0 Å². The van der Waals surface area contributed by atoms with Crippen LogP contribution in [-0.4, -0.2) is 20.0 Å². The third kappa shape index (κ3) is 3.63. The van der Waals surface area contributed by atoms with Gasteiger partial charge in [-0.15, -0.1) is 0 Å². The molecule has 0 aromatic heterocycles. The second-order valence-corrected chi connectivity index (χ2v) is 0.827. The molecule has 0 atom stereocenters. The number of carbonyl (C=O) groups excluding carboxylic acids is 1. The van der Waals surface area contributed by atoms with Crippen LogP contribution in [0.4, 0.5) is 0 Å². The third-order valence-electron chi connectivity index (χ3n) is 0.359. The van der Waals surface area contributed by atoms with Gasteiger partial charge in [0.15, 0.2) is 0 Å². The zero-order valence-corrected chi connectivity index (χ0v) is 3.68. The van der Waals surface area contributed by atoms with Crippen LogP contribution in [0.1, 0.15) is 0 Å². The molecule has 2 heteroatoms. The van der Waals surface area contributed by atoms with Crippen molar-refractivity contribution in [2.75, 3.05) is 13.7 Å². The summed E-state index contributed by atoms with van der Waals surface area (Å²) in [6, 6.07) is 0. The summed E-state index contributed by atoms with van der Waals surface area (Å²) in [5, 5.41) is 0. The summed E-state index contributed by atoms with van der Waals surface area (Å²) in [6.07, 6.45) is 2.11. The smallest absolute Gasteiger partial charge is 0.126 e. The average Bonchev–Trinajstić information content (AvgIpc) is 1.61. The Hall–Kier alpha value is -0.370. The first-order valence-corrected chi connectivity index (χ1v) is 1.67. The van der Waals surface area contributed by atoms with E-state index in [-0.39, 0.29) is 0 Å². The summed E-state index contributed by atoms with van der Waals surface area (Å²) < 4.78 is 4.50. The van der Waals surface area contributed by atoms with Gasteiger partial charge in [-0.2, -0.15) is 0 Å². The lowest BCUT2D eigenvalue weighted by Gasteiger charge is -1.83. The number of carbonyl (C=O) groups is 1. The summed E-state index contributed by atoms with van der Waals surface area (Å²) >= 11 is 0. The Kier molecular flexibility index (Phi) is 4.34. The Morgan fingerprint density at radius 3 is 2.67 bits per heavy atom. The van der Waals surface area contributed by atoms with Crippen molar-refractivity contribution in [2.45, 2.75) is 0 Å². The van der Waals surface area contributed by atoms with E-state index in [0.717, 1.165) is 0 Å². The topological polar surface area (TPSA) is 26.3 Å². The maximum absolute atomic E-state index is 9.43. The third-order valence-corrected chi connectivity index (χ3v) is 0.359. The molecule has 35 valence electrons. The van der Waals surface area contributed by atoms with E-state index in [1.54, 1.807) is 7.11 Å². The molecular weight excluding hydrogens is 80.0 g/mol. The Morgan fingerprint density at radius 2 is 2.50 bits per heavy atom.